The molecule has 5 aromatic rings. The Morgan fingerprint density at radius 2 is 1.11 bits per heavy atom. The van der Waals surface area contributed by atoms with E-state index in [0.717, 1.165) is 0 Å². The maximum Gasteiger partial charge on any atom is 0.275 e. The van der Waals surface area contributed by atoms with E-state index in [4.69, 9.17) is 0 Å². The molecule has 0 aliphatic heterocycles. The standard InChI is InChI=1S/C28H24N4O4/c1-17-23(26(33)31(29-17)21-9-5-3-6-10-21)25(19-13-15-20(16-14-19)28(35)36)24-18(2)30-32(27(24)34)22-11-7-4-8-12-22/h3-16,25,29-30H,1-2H3,(H,35,36)/p-1. The number of carboxylic acid groups (broad SMARTS) is 1. The molecule has 0 aliphatic rings. The quantitative estimate of drug-likeness (QED) is 0.390. The molecule has 0 atom stereocenters. The Balaban J connectivity index is 1.76. The van der Waals surface area contributed by atoms with Crippen molar-refractivity contribution < 1.29 is 9.90 Å². The molecule has 2 N–H and O–H groups in total. The van der Waals surface area contributed by atoms with Gasteiger partial charge in [-0.05, 0) is 49.2 Å². The molecule has 3 aromatic carbocycles. The Morgan fingerprint density at radius 3 is 1.50 bits per heavy atom. The van der Waals surface area contributed by atoms with E-state index < -0.39 is 11.9 Å². The highest BCUT2D eigenvalue weighted by Crippen LogP contribution is 2.32. The highest BCUT2D eigenvalue weighted by atomic mass is 16.4. The first kappa shape index (κ1) is 22.9. The number of aromatic carboxylic acids is 1. The van der Waals surface area contributed by atoms with E-state index in [0.29, 0.717) is 39.5 Å². The summed E-state index contributed by atoms with van der Waals surface area (Å²) in [7, 11) is 0. The van der Waals surface area contributed by atoms with Crippen LogP contribution in [0.5, 0.6) is 0 Å². The number of aromatic amines is 2. The van der Waals surface area contributed by atoms with Crippen LogP contribution in [0, 0.1) is 13.8 Å². The molecule has 0 spiro atoms. The third kappa shape index (κ3) is 3.88. The molecule has 0 fully saturated rings. The average molecular weight is 480 g/mol. The van der Waals surface area contributed by atoms with Crippen LogP contribution in [0.4, 0.5) is 0 Å². The van der Waals surface area contributed by atoms with Crippen LogP contribution in [0.3, 0.4) is 0 Å². The summed E-state index contributed by atoms with van der Waals surface area (Å²) in [6, 6.07) is 24.4. The van der Waals surface area contributed by atoms with Crippen LogP contribution in [0.15, 0.2) is 94.5 Å². The fourth-order valence-electron chi connectivity index (χ4n) is 4.61. The second-order valence-electron chi connectivity index (χ2n) is 8.60. The lowest BCUT2D eigenvalue weighted by Gasteiger charge is -2.16. The zero-order valence-corrected chi connectivity index (χ0v) is 19.7. The highest BCUT2D eigenvalue weighted by Gasteiger charge is 2.30. The molecule has 0 aliphatic carbocycles. The summed E-state index contributed by atoms with van der Waals surface area (Å²) < 4.78 is 2.90. The van der Waals surface area contributed by atoms with Crippen LogP contribution >= 0.6 is 0 Å². The number of H-pyrrole nitrogens is 2. The molecule has 8 heteroatoms. The normalized spacial score (nSPS) is 11.2. The number of aryl methyl sites for hydroxylation is 2. The summed E-state index contributed by atoms with van der Waals surface area (Å²) in [5.74, 6) is -2.05. The Hall–Kier alpha value is -4.85. The lowest BCUT2D eigenvalue weighted by atomic mass is 9.85. The maximum atomic E-state index is 13.8. The smallest absolute Gasteiger partial charge is 0.275 e. The summed E-state index contributed by atoms with van der Waals surface area (Å²) >= 11 is 0. The number of hydrogen-bond acceptors (Lipinski definition) is 4. The summed E-state index contributed by atoms with van der Waals surface area (Å²) in [5.41, 5.74) is 3.37. The fourth-order valence-corrected chi connectivity index (χ4v) is 4.61. The fraction of sp³-hybridized carbons (Fsp3) is 0.107. The molecule has 0 saturated heterocycles. The van der Waals surface area contributed by atoms with E-state index in [1.165, 1.54) is 21.5 Å². The molecule has 0 saturated carbocycles. The Morgan fingerprint density at radius 1 is 0.694 bits per heavy atom. The highest BCUT2D eigenvalue weighted by molar-refractivity contribution is 5.85. The van der Waals surface area contributed by atoms with E-state index >= 15 is 0 Å². The molecule has 180 valence electrons. The summed E-state index contributed by atoms with van der Waals surface area (Å²) in [4.78, 5) is 38.9. The van der Waals surface area contributed by atoms with Gasteiger partial charge in [-0.3, -0.25) is 19.8 Å². The third-order valence-corrected chi connectivity index (χ3v) is 6.32. The van der Waals surface area contributed by atoms with Crippen molar-refractivity contribution in [1.82, 2.24) is 19.6 Å². The van der Waals surface area contributed by atoms with Gasteiger partial charge in [0.05, 0.1) is 28.5 Å². The number of nitrogens with zero attached hydrogens (tertiary/aromatic N) is 2. The number of carbonyl (C=O) groups is 1. The number of hydrogen-bond donors (Lipinski definition) is 2. The van der Waals surface area contributed by atoms with Crippen LogP contribution in [0.2, 0.25) is 0 Å². The number of carboxylic acids is 1. The minimum atomic E-state index is -1.30. The molecule has 0 unspecified atom stereocenters. The van der Waals surface area contributed by atoms with Gasteiger partial charge >= 0.3 is 0 Å². The van der Waals surface area contributed by atoms with Crippen LogP contribution in [-0.2, 0) is 0 Å². The zero-order valence-electron chi connectivity index (χ0n) is 19.7. The predicted molar refractivity (Wildman–Crippen MR) is 134 cm³/mol. The zero-order chi connectivity index (χ0) is 25.4. The van der Waals surface area contributed by atoms with Crippen molar-refractivity contribution in [1.29, 1.82) is 0 Å². The Kier molecular flexibility index (Phi) is 5.77. The minimum Gasteiger partial charge on any atom is -0.545 e. The van der Waals surface area contributed by atoms with E-state index in [1.54, 1.807) is 26.0 Å². The molecule has 0 amide bonds. The minimum absolute atomic E-state index is 0.0116. The molecule has 8 nitrogen and oxygen atoms in total. The molecular weight excluding hydrogens is 456 g/mol. The van der Waals surface area contributed by atoms with E-state index in [9.17, 15) is 19.5 Å². The largest absolute Gasteiger partial charge is 0.545 e. The van der Waals surface area contributed by atoms with Gasteiger partial charge in [0.1, 0.15) is 0 Å². The van der Waals surface area contributed by atoms with E-state index in [2.05, 4.69) is 10.2 Å². The van der Waals surface area contributed by atoms with Crippen LogP contribution in [0.1, 0.15) is 44.4 Å². The summed E-state index contributed by atoms with van der Waals surface area (Å²) in [6.07, 6.45) is 0. The number of para-hydroxylation sites is 2. The van der Waals surface area contributed by atoms with E-state index in [1.807, 2.05) is 60.7 Å². The van der Waals surface area contributed by atoms with Gasteiger partial charge < -0.3 is 9.90 Å². The van der Waals surface area contributed by atoms with Crippen LogP contribution < -0.4 is 16.2 Å². The Labute approximate surface area is 206 Å². The number of aromatic nitrogens is 4. The molecular formula is C28H23N4O4-. The van der Waals surface area contributed by atoms with Crippen LogP contribution in [-0.4, -0.2) is 25.5 Å². The van der Waals surface area contributed by atoms with Crippen molar-refractivity contribution >= 4 is 5.97 Å². The lowest BCUT2D eigenvalue weighted by molar-refractivity contribution is -0.255. The number of rotatable bonds is 6. The van der Waals surface area contributed by atoms with Crippen molar-refractivity contribution in [3.05, 3.63) is 139 Å². The summed E-state index contributed by atoms with van der Waals surface area (Å²) in [6.45, 7) is 3.58. The third-order valence-electron chi connectivity index (χ3n) is 6.32. The Bertz CT molecular complexity index is 1560. The van der Waals surface area contributed by atoms with Gasteiger partial charge in [-0.15, -0.1) is 0 Å². The predicted octanol–water partition coefficient (Wildman–Crippen LogP) is 2.81. The van der Waals surface area contributed by atoms with Crippen molar-refractivity contribution in [2.45, 2.75) is 19.8 Å². The van der Waals surface area contributed by atoms with Crippen molar-refractivity contribution in [2.24, 2.45) is 0 Å². The topological polar surface area (TPSA) is 116 Å². The lowest BCUT2D eigenvalue weighted by Crippen LogP contribution is -2.26. The van der Waals surface area contributed by atoms with Gasteiger partial charge in [0, 0.05) is 17.3 Å². The second-order valence-corrected chi connectivity index (χ2v) is 8.60. The van der Waals surface area contributed by atoms with Crippen LogP contribution in [0.25, 0.3) is 11.4 Å². The van der Waals surface area contributed by atoms with Crippen molar-refractivity contribution in [3.63, 3.8) is 0 Å². The monoisotopic (exact) mass is 479 g/mol. The molecule has 36 heavy (non-hydrogen) atoms. The molecule has 2 heterocycles. The van der Waals surface area contributed by atoms with Gasteiger partial charge in [-0.1, -0.05) is 60.7 Å². The molecule has 0 bridgehead atoms. The summed E-state index contributed by atoms with van der Waals surface area (Å²) in [5, 5.41) is 17.6. The SMILES string of the molecule is Cc1[nH]n(-c2ccccc2)c(=O)c1C(c1ccc(C(=O)[O-])cc1)c1c(C)[nH]n(-c2ccccc2)c1=O. The van der Waals surface area contributed by atoms with E-state index in [-0.39, 0.29) is 16.7 Å². The van der Waals surface area contributed by atoms with Gasteiger partial charge in [-0.25, -0.2) is 9.36 Å². The maximum absolute atomic E-state index is 13.8. The molecule has 0 radical (unpaired) electrons. The molecule has 2 aromatic heterocycles. The van der Waals surface area contributed by atoms with Gasteiger partial charge in [-0.2, -0.15) is 0 Å². The number of carbonyl (C=O) groups excluding carboxylic acids is 1. The van der Waals surface area contributed by atoms with Gasteiger partial charge in [0.25, 0.3) is 11.1 Å². The van der Waals surface area contributed by atoms with Gasteiger partial charge in [0.15, 0.2) is 0 Å². The first-order valence-corrected chi connectivity index (χ1v) is 11.4. The molecule has 5 rings (SSSR count). The first-order valence-electron chi connectivity index (χ1n) is 11.4. The number of nitrogens with one attached hydrogen (secondary N) is 2. The number of benzene rings is 3. The average Bonchev–Trinajstić information content (AvgIpc) is 3.36. The second kappa shape index (κ2) is 9.07. The van der Waals surface area contributed by atoms with Gasteiger partial charge in [0.2, 0.25) is 0 Å². The van der Waals surface area contributed by atoms with Crippen molar-refractivity contribution in [3.8, 4) is 11.4 Å². The van der Waals surface area contributed by atoms with Crippen molar-refractivity contribution in [2.75, 3.05) is 0 Å². The first-order chi connectivity index (χ1) is 17.4.